The molecule has 8 heteroatoms. The molecule has 1 fully saturated rings. The SMILES string of the molecule is CC(=O)c1cc(C(=O)Nc2nc(-c3ccco3)c(CC3CCOCC3)s2)cnc1C. The van der Waals surface area contributed by atoms with Gasteiger partial charge in [0, 0.05) is 35.5 Å². The maximum Gasteiger partial charge on any atom is 0.259 e. The van der Waals surface area contributed by atoms with Crippen molar-refractivity contribution in [2.24, 2.45) is 5.92 Å². The summed E-state index contributed by atoms with van der Waals surface area (Å²) in [5, 5.41) is 3.35. The number of carbonyl (C=O) groups is 2. The molecule has 1 amide bonds. The highest BCUT2D eigenvalue weighted by molar-refractivity contribution is 7.16. The summed E-state index contributed by atoms with van der Waals surface area (Å²) in [7, 11) is 0. The summed E-state index contributed by atoms with van der Waals surface area (Å²) < 4.78 is 11.0. The van der Waals surface area contributed by atoms with Crippen LogP contribution in [0.4, 0.5) is 5.13 Å². The number of furan rings is 1. The first kappa shape index (κ1) is 20.4. The molecule has 1 N–H and O–H groups in total. The van der Waals surface area contributed by atoms with Crippen LogP contribution in [0, 0.1) is 12.8 Å². The number of rotatable bonds is 6. The third-order valence-electron chi connectivity index (χ3n) is 5.22. The molecule has 0 bridgehead atoms. The number of nitrogens with zero attached hydrogens (tertiary/aromatic N) is 2. The van der Waals surface area contributed by atoms with E-state index in [1.807, 2.05) is 12.1 Å². The third-order valence-corrected chi connectivity index (χ3v) is 6.21. The number of ketones is 1. The quantitative estimate of drug-likeness (QED) is 0.583. The van der Waals surface area contributed by atoms with Crippen LogP contribution in [0.15, 0.2) is 35.1 Å². The summed E-state index contributed by atoms with van der Waals surface area (Å²) in [5.41, 5.74) is 2.13. The van der Waals surface area contributed by atoms with E-state index in [1.165, 1.54) is 24.5 Å². The minimum Gasteiger partial charge on any atom is -0.463 e. The summed E-state index contributed by atoms with van der Waals surface area (Å²) in [5.74, 6) is 0.741. The zero-order chi connectivity index (χ0) is 21.1. The maximum atomic E-state index is 12.8. The Morgan fingerprint density at radius 1 is 1.30 bits per heavy atom. The van der Waals surface area contributed by atoms with Gasteiger partial charge < -0.3 is 9.15 Å². The first-order valence-electron chi connectivity index (χ1n) is 9.91. The van der Waals surface area contributed by atoms with Gasteiger partial charge in [-0.25, -0.2) is 4.98 Å². The van der Waals surface area contributed by atoms with Crippen molar-refractivity contribution in [3.8, 4) is 11.5 Å². The monoisotopic (exact) mass is 425 g/mol. The zero-order valence-corrected chi connectivity index (χ0v) is 17.8. The molecule has 4 rings (SSSR count). The summed E-state index contributed by atoms with van der Waals surface area (Å²) >= 11 is 1.46. The van der Waals surface area contributed by atoms with Crippen molar-refractivity contribution in [2.75, 3.05) is 18.5 Å². The van der Waals surface area contributed by atoms with Crippen molar-refractivity contribution < 1.29 is 18.7 Å². The van der Waals surface area contributed by atoms with Gasteiger partial charge in [-0.3, -0.25) is 19.9 Å². The van der Waals surface area contributed by atoms with Crippen molar-refractivity contribution in [2.45, 2.75) is 33.1 Å². The second-order valence-electron chi connectivity index (χ2n) is 7.40. The van der Waals surface area contributed by atoms with Gasteiger partial charge in [0.2, 0.25) is 0 Å². The Kier molecular flexibility index (Phi) is 6.06. The smallest absolute Gasteiger partial charge is 0.259 e. The lowest BCUT2D eigenvalue weighted by atomic mass is 9.95. The van der Waals surface area contributed by atoms with Crippen molar-refractivity contribution >= 4 is 28.2 Å². The van der Waals surface area contributed by atoms with Gasteiger partial charge in [0.1, 0.15) is 5.69 Å². The highest BCUT2D eigenvalue weighted by atomic mass is 32.1. The van der Waals surface area contributed by atoms with Gasteiger partial charge in [0.15, 0.2) is 16.7 Å². The molecule has 0 radical (unpaired) electrons. The number of hydrogen-bond acceptors (Lipinski definition) is 7. The fourth-order valence-electron chi connectivity index (χ4n) is 3.55. The predicted molar refractivity (Wildman–Crippen MR) is 114 cm³/mol. The molecule has 0 unspecified atom stereocenters. The van der Waals surface area contributed by atoms with E-state index in [0.29, 0.717) is 33.6 Å². The van der Waals surface area contributed by atoms with Gasteiger partial charge in [0.05, 0.1) is 11.8 Å². The van der Waals surface area contributed by atoms with E-state index in [1.54, 1.807) is 19.3 Å². The lowest BCUT2D eigenvalue weighted by molar-refractivity contribution is 0.0667. The summed E-state index contributed by atoms with van der Waals surface area (Å²) in [4.78, 5) is 34.4. The van der Waals surface area contributed by atoms with Gasteiger partial charge >= 0.3 is 0 Å². The Balaban J connectivity index is 1.58. The molecule has 1 aliphatic heterocycles. The largest absolute Gasteiger partial charge is 0.463 e. The van der Waals surface area contributed by atoms with Crippen LogP contribution in [-0.2, 0) is 11.2 Å². The molecule has 1 saturated heterocycles. The highest BCUT2D eigenvalue weighted by Crippen LogP contribution is 2.35. The average Bonchev–Trinajstić information content (AvgIpc) is 3.39. The number of hydrogen-bond donors (Lipinski definition) is 1. The van der Waals surface area contributed by atoms with Crippen LogP contribution in [-0.4, -0.2) is 34.9 Å². The van der Waals surface area contributed by atoms with E-state index in [-0.39, 0.29) is 11.7 Å². The second kappa shape index (κ2) is 8.89. The lowest BCUT2D eigenvalue weighted by Gasteiger charge is -2.21. The second-order valence-corrected chi connectivity index (χ2v) is 8.48. The van der Waals surface area contributed by atoms with Gasteiger partial charge in [0.25, 0.3) is 5.91 Å². The number of nitrogens with one attached hydrogen (secondary N) is 1. The van der Waals surface area contributed by atoms with Gasteiger partial charge in [-0.15, -0.1) is 11.3 Å². The minimum atomic E-state index is -0.345. The molecular formula is C22H23N3O4S. The maximum absolute atomic E-state index is 12.8. The predicted octanol–water partition coefficient (Wildman–Crippen LogP) is 4.53. The van der Waals surface area contributed by atoms with Crippen LogP contribution in [0.2, 0.25) is 0 Å². The molecule has 0 atom stereocenters. The fourth-order valence-corrected chi connectivity index (χ4v) is 4.62. The Bertz CT molecular complexity index is 1050. The molecule has 0 saturated carbocycles. The first-order valence-corrected chi connectivity index (χ1v) is 10.7. The minimum absolute atomic E-state index is 0.122. The molecule has 156 valence electrons. The van der Waals surface area contributed by atoms with E-state index in [4.69, 9.17) is 9.15 Å². The normalized spacial score (nSPS) is 14.6. The van der Waals surface area contributed by atoms with Crippen LogP contribution in [0.3, 0.4) is 0 Å². The van der Waals surface area contributed by atoms with Crippen LogP contribution < -0.4 is 5.32 Å². The number of amides is 1. The molecule has 3 aromatic rings. The number of pyridine rings is 1. The molecule has 0 spiro atoms. The molecule has 4 heterocycles. The lowest BCUT2D eigenvalue weighted by Crippen LogP contribution is -2.17. The molecule has 7 nitrogen and oxygen atoms in total. The standard InChI is InChI=1S/C22H23N3O4S/c1-13-17(14(2)26)11-16(12-23-13)21(27)25-22-24-20(18-4-3-7-29-18)19(30-22)10-15-5-8-28-9-6-15/h3-4,7,11-12,15H,5-6,8-10H2,1-2H3,(H,24,25,27). The average molecular weight is 426 g/mol. The Morgan fingerprint density at radius 3 is 2.80 bits per heavy atom. The molecule has 0 aromatic carbocycles. The van der Waals surface area contributed by atoms with E-state index in [0.717, 1.165) is 43.0 Å². The first-order chi connectivity index (χ1) is 14.5. The number of ether oxygens (including phenoxy) is 1. The summed E-state index contributed by atoms with van der Waals surface area (Å²) in [6.07, 6.45) is 5.99. The van der Waals surface area contributed by atoms with Crippen molar-refractivity contribution in [3.05, 3.63) is 52.4 Å². The zero-order valence-electron chi connectivity index (χ0n) is 16.9. The molecule has 30 heavy (non-hydrogen) atoms. The number of aromatic nitrogens is 2. The number of carbonyl (C=O) groups excluding carboxylic acids is 2. The Morgan fingerprint density at radius 2 is 2.10 bits per heavy atom. The van der Waals surface area contributed by atoms with Crippen LogP contribution in [0.25, 0.3) is 11.5 Å². The van der Waals surface area contributed by atoms with E-state index >= 15 is 0 Å². The Hall–Kier alpha value is -2.84. The summed E-state index contributed by atoms with van der Waals surface area (Å²) in [6, 6.07) is 5.27. The third kappa shape index (κ3) is 4.49. The van der Waals surface area contributed by atoms with Crippen molar-refractivity contribution in [1.82, 2.24) is 9.97 Å². The van der Waals surface area contributed by atoms with E-state index in [9.17, 15) is 9.59 Å². The highest BCUT2D eigenvalue weighted by Gasteiger charge is 2.22. The molecule has 1 aliphatic rings. The van der Waals surface area contributed by atoms with Gasteiger partial charge in [-0.1, -0.05) is 0 Å². The molecule has 3 aromatic heterocycles. The molecular weight excluding hydrogens is 402 g/mol. The van der Waals surface area contributed by atoms with Gasteiger partial charge in [-0.2, -0.15) is 0 Å². The van der Waals surface area contributed by atoms with Gasteiger partial charge in [-0.05, 0) is 57.2 Å². The number of anilines is 1. The number of aryl methyl sites for hydroxylation is 1. The van der Waals surface area contributed by atoms with Crippen molar-refractivity contribution in [1.29, 1.82) is 0 Å². The number of Topliss-reactive ketones (excluding diaryl/α,β-unsaturated/α-hetero) is 1. The number of thiazole rings is 1. The fraction of sp³-hybridized carbons (Fsp3) is 0.364. The van der Waals surface area contributed by atoms with Crippen LogP contribution >= 0.6 is 11.3 Å². The topological polar surface area (TPSA) is 94.3 Å². The Labute approximate surface area is 178 Å². The van der Waals surface area contributed by atoms with Crippen LogP contribution in [0.1, 0.15) is 51.1 Å². The molecule has 0 aliphatic carbocycles. The summed E-state index contributed by atoms with van der Waals surface area (Å²) in [6.45, 7) is 4.77. The van der Waals surface area contributed by atoms with Crippen LogP contribution in [0.5, 0.6) is 0 Å². The van der Waals surface area contributed by atoms with E-state index < -0.39 is 0 Å². The van der Waals surface area contributed by atoms with E-state index in [2.05, 4.69) is 15.3 Å². The van der Waals surface area contributed by atoms with Crippen molar-refractivity contribution in [3.63, 3.8) is 0 Å².